The summed E-state index contributed by atoms with van der Waals surface area (Å²) in [5.41, 5.74) is 6.22. The van der Waals surface area contributed by atoms with Gasteiger partial charge in [0.1, 0.15) is 5.75 Å². The number of nitrogen functional groups attached to an aromatic ring is 1. The van der Waals surface area contributed by atoms with Gasteiger partial charge in [0.2, 0.25) is 0 Å². The lowest BCUT2D eigenvalue weighted by atomic mass is 10.2. The molecule has 0 aliphatic heterocycles. The Bertz CT molecular complexity index is 320. The molecule has 1 aromatic carbocycles. The van der Waals surface area contributed by atoms with Crippen LogP contribution in [0.15, 0.2) is 24.3 Å². The summed E-state index contributed by atoms with van der Waals surface area (Å²) < 4.78 is 5.48. The minimum atomic E-state index is 0.232. The molecule has 0 fully saturated rings. The molecule has 4 nitrogen and oxygen atoms in total. The van der Waals surface area contributed by atoms with Crippen molar-refractivity contribution in [1.29, 1.82) is 0 Å². The van der Waals surface area contributed by atoms with Crippen LogP contribution in [0, 0.1) is 0 Å². The Kier molecular flexibility index (Phi) is 4.47. The van der Waals surface area contributed by atoms with E-state index in [4.69, 9.17) is 15.7 Å². The number of hydrogen-bond acceptors (Lipinski definition) is 2. The first kappa shape index (κ1) is 11.4. The SMILES string of the molecule is CCCCOc1ccc(C(N)=[NH+]O)cc1. The van der Waals surface area contributed by atoms with Gasteiger partial charge in [0, 0.05) is 0 Å². The number of benzene rings is 1. The van der Waals surface area contributed by atoms with Gasteiger partial charge in [-0.05, 0) is 30.7 Å². The van der Waals surface area contributed by atoms with Crippen LogP contribution in [-0.2, 0) is 0 Å². The molecular formula is C11H17N2O2+. The van der Waals surface area contributed by atoms with Crippen LogP contribution < -0.4 is 15.6 Å². The zero-order valence-corrected chi connectivity index (χ0v) is 8.86. The van der Waals surface area contributed by atoms with Crippen LogP contribution in [0.25, 0.3) is 0 Å². The number of nitrogens with two attached hydrogens (primary N) is 1. The van der Waals surface area contributed by atoms with Crippen molar-refractivity contribution in [3.05, 3.63) is 29.8 Å². The summed E-state index contributed by atoms with van der Waals surface area (Å²) in [6, 6.07) is 7.24. The largest absolute Gasteiger partial charge is 0.494 e. The first-order valence-corrected chi connectivity index (χ1v) is 5.03. The molecule has 0 amide bonds. The van der Waals surface area contributed by atoms with E-state index in [0.29, 0.717) is 0 Å². The summed E-state index contributed by atoms with van der Waals surface area (Å²) in [5, 5.41) is 10.5. The van der Waals surface area contributed by atoms with Gasteiger partial charge in [0.15, 0.2) is 0 Å². The van der Waals surface area contributed by atoms with Crippen molar-refractivity contribution in [3.8, 4) is 5.75 Å². The maximum absolute atomic E-state index is 8.59. The molecule has 0 saturated carbocycles. The lowest BCUT2D eigenvalue weighted by molar-refractivity contribution is -0.737. The van der Waals surface area contributed by atoms with Gasteiger partial charge in [0.25, 0.3) is 0 Å². The monoisotopic (exact) mass is 209 g/mol. The van der Waals surface area contributed by atoms with Crippen LogP contribution >= 0.6 is 0 Å². The minimum absolute atomic E-state index is 0.232. The lowest BCUT2D eigenvalue weighted by Gasteiger charge is -2.04. The van der Waals surface area contributed by atoms with Gasteiger partial charge in [-0.1, -0.05) is 18.5 Å². The van der Waals surface area contributed by atoms with Crippen LogP contribution in [0.5, 0.6) is 5.75 Å². The molecule has 0 aliphatic rings. The predicted molar refractivity (Wildman–Crippen MR) is 57.9 cm³/mol. The van der Waals surface area contributed by atoms with Crippen molar-refractivity contribution >= 4 is 5.84 Å². The molecule has 0 aliphatic carbocycles. The Morgan fingerprint density at radius 3 is 2.60 bits per heavy atom. The molecule has 0 radical (unpaired) electrons. The molecule has 1 aromatic rings. The number of unbranched alkanes of at least 4 members (excludes halogenated alkanes) is 1. The van der Waals surface area contributed by atoms with E-state index in [1.807, 2.05) is 17.3 Å². The topological polar surface area (TPSA) is 69.5 Å². The Morgan fingerprint density at radius 2 is 2.07 bits per heavy atom. The second-order valence-electron chi connectivity index (χ2n) is 3.25. The van der Waals surface area contributed by atoms with E-state index in [0.717, 1.165) is 30.8 Å². The first-order chi connectivity index (χ1) is 7.27. The molecule has 1 rings (SSSR count). The highest BCUT2D eigenvalue weighted by Crippen LogP contribution is 2.11. The van der Waals surface area contributed by atoms with Crippen molar-refractivity contribution in [2.45, 2.75) is 19.8 Å². The van der Waals surface area contributed by atoms with Crippen molar-refractivity contribution < 1.29 is 15.1 Å². The molecule has 0 atom stereocenters. The van der Waals surface area contributed by atoms with Gasteiger partial charge in [-0.15, -0.1) is 0 Å². The maximum atomic E-state index is 8.59. The van der Waals surface area contributed by atoms with E-state index < -0.39 is 0 Å². The average molecular weight is 209 g/mol. The molecule has 0 bridgehead atoms. The Labute approximate surface area is 89.4 Å². The molecule has 0 spiro atoms. The van der Waals surface area contributed by atoms with E-state index in [1.54, 1.807) is 12.1 Å². The molecule has 4 N–H and O–H groups in total. The third kappa shape index (κ3) is 3.50. The van der Waals surface area contributed by atoms with Gasteiger partial charge in [-0.2, -0.15) is 0 Å². The second-order valence-corrected chi connectivity index (χ2v) is 3.25. The summed E-state index contributed by atoms with van der Waals surface area (Å²) in [5.74, 6) is 1.05. The quantitative estimate of drug-likeness (QED) is 0.211. The Hall–Kier alpha value is -1.71. The Balaban J connectivity index is 2.56. The summed E-state index contributed by atoms with van der Waals surface area (Å²) in [4.78, 5) is 0. The molecule has 0 saturated heterocycles. The summed E-state index contributed by atoms with van der Waals surface area (Å²) >= 11 is 0. The number of nitrogens with one attached hydrogen (secondary N) is 1. The lowest BCUT2D eigenvalue weighted by Crippen LogP contribution is -2.71. The van der Waals surface area contributed by atoms with E-state index in [1.165, 1.54) is 0 Å². The molecule has 0 aromatic heterocycles. The number of amidine groups is 1. The van der Waals surface area contributed by atoms with Gasteiger partial charge in [0.05, 0.1) is 12.2 Å². The molecular weight excluding hydrogens is 192 g/mol. The van der Waals surface area contributed by atoms with Gasteiger partial charge in [-0.25, -0.2) is 0 Å². The van der Waals surface area contributed by atoms with E-state index in [9.17, 15) is 0 Å². The fourth-order valence-electron chi connectivity index (χ4n) is 1.13. The van der Waals surface area contributed by atoms with Crippen LogP contribution in [-0.4, -0.2) is 17.6 Å². The highest BCUT2D eigenvalue weighted by Gasteiger charge is 2.03. The minimum Gasteiger partial charge on any atom is -0.494 e. The van der Waals surface area contributed by atoms with Gasteiger partial charge >= 0.3 is 5.84 Å². The van der Waals surface area contributed by atoms with Crippen molar-refractivity contribution in [2.75, 3.05) is 6.61 Å². The molecule has 0 unspecified atom stereocenters. The Morgan fingerprint density at radius 1 is 1.40 bits per heavy atom. The van der Waals surface area contributed by atoms with E-state index in [-0.39, 0.29) is 5.84 Å². The molecule has 4 heteroatoms. The van der Waals surface area contributed by atoms with E-state index >= 15 is 0 Å². The molecule has 0 heterocycles. The average Bonchev–Trinajstić information content (AvgIpc) is 2.29. The van der Waals surface area contributed by atoms with Crippen molar-refractivity contribution in [3.63, 3.8) is 0 Å². The summed E-state index contributed by atoms with van der Waals surface area (Å²) in [6.07, 6.45) is 2.17. The zero-order chi connectivity index (χ0) is 11.1. The fraction of sp³-hybridized carbons (Fsp3) is 0.364. The predicted octanol–water partition coefficient (Wildman–Crippen LogP) is 0.0406. The number of ether oxygens (including phenoxy) is 1. The van der Waals surface area contributed by atoms with E-state index in [2.05, 4.69) is 6.92 Å². The molecule has 82 valence electrons. The molecule has 15 heavy (non-hydrogen) atoms. The first-order valence-electron chi connectivity index (χ1n) is 5.03. The van der Waals surface area contributed by atoms with Crippen molar-refractivity contribution in [2.24, 2.45) is 5.73 Å². The third-order valence-electron chi connectivity index (χ3n) is 2.05. The fourth-order valence-corrected chi connectivity index (χ4v) is 1.13. The van der Waals surface area contributed by atoms with Crippen molar-refractivity contribution in [1.82, 2.24) is 0 Å². The summed E-state index contributed by atoms with van der Waals surface area (Å²) in [7, 11) is 0. The zero-order valence-electron chi connectivity index (χ0n) is 8.86. The number of rotatable bonds is 5. The summed E-state index contributed by atoms with van der Waals surface area (Å²) in [6.45, 7) is 2.85. The van der Waals surface area contributed by atoms with Crippen LogP contribution in [0.1, 0.15) is 25.3 Å². The number of hydrogen-bond donors (Lipinski definition) is 3. The normalized spacial score (nSPS) is 11.4. The van der Waals surface area contributed by atoms with Crippen LogP contribution in [0.2, 0.25) is 0 Å². The highest BCUT2D eigenvalue weighted by atomic mass is 16.5. The maximum Gasteiger partial charge on any atom is 0.311 e. The van der Waals surface area contributed by atoms with Crippen LogP contribution in [0.3, 0.4) is 0 Å². The smallest absolute Gasteiger partial charge is 0.311 e. The van der Waals surface area contributed by atoms with Gasteiger partial charge in [-0.3, -0.25) is 5.73 Å². The standard InChI is InChI=1S/C11H16N2O2/c1-2-3-8-15-10-6-4-9(5-7-10)11(12)13-14/h4-7,14H,2-3,8H2,1H3,(H2,12,13)/p+1. The van der Waals surface area contributed by atoms with Crippen LogP contribution in [0.4, 0.5) is 0 Å². The highest BCUT2D eigenvalue weighted by molar-refractivity contribution is 5.92. The third-order valence-corrected chi connectivity index (χ3v) is 2.05. The second kappa shape index (κ2) is 5.90. The van der Waals surface area contributed by atoms with Gasteiger partial charge < -0.3 is 9.94 Å².